The molecule has 0 aliphatic rings. The topological polar surface area (TPSA) is 97.3 Å². The van der Waals surface area contributed by atoms with E-state index in [1.807, 2.05) is 0 Å². The summed E-state index contributed by atoms with van der Waals surface area (Å²) in [6.07, 6.45) is 0. The normalized spacial score (nSPS) is 11.4. The van der Waals surface area contributed by atoms with Crippen LogP contribution in [-0.2, 0) is 0 Å². The molecule has 0 N–H and O–H groups in total. The van der Waals surface area contributed by atoms with Crippen molar-refractivity contribution in [1.29, 1.82) is 0 Å². The molecular formula is C18H14O8. The van der Waals surface area contributed by atoms with Crippen molar-refractivity contribution in [2.45, 2.75) is 0 Å². The maximum atomic E-state index is 12.7. The van der Waals surface area contributed by atoms with Gasteiger partial charge in [0.15, 0.2) is 11.3 Å². The van der Waals surface area contributed by atoms with Crippen molar-refractivity contribution in [2.24, 2.45) is 0 Å². The summed E-state index contributed by atoms with van der Waals surface area (Å²) < 4.78 is 32.2. The summed E-state index contributed by atoms with van der Waals surface area (Å²) in [5.74, 6) is 0.786. The van der Waals surface area contributed by atoms with Crippen LogP contribution < -0.4 is 30.2 Å². The highest BCUT2D eigenvalue weighted by Gasteiger charge is 2.28. The molecule has 8 heteroatoms. The average molecular weight is 358 g/mol. The van der Waals surface area contributed by atoms with Gasteiger partial charge >= 0.3 is 11.3 Å². The lowest BCUT2D eigenvalue weighted by molar-refractivity contribution is 0.325. The first-order valence-corrected chi connectivity index (χ1v) is 7.58. The van der Waals surface area contributed by atoms with Crippen LogP contribution in [0, 0.1) is 0 Å². The highest BCUT2D eigenvalue weighted by molar-refractivity contribution is 6.22. The maximum absolute atomic E-state index is 12.7. The highest BCUT2D eigenvalue weighted by Crippen LogP contribution is 2.48. The molecule has 0 saturated carbocycles. The molecule has 0 unspecified atom stereocenters. The summed E-state index contributed by atoms with van der Waals surface area (Å²) in [7, 11) is 5.64. The van der Waals surface area contributed by atoms with Gasteiger partial charge < -0.3 is 27.8 Å². The van der Waals surface area contributed by atoms with Gasteiger partial charge in [-0.25, -0.2) is 9.59 Å². The molecule has 0 fully saturated rings. The van der Waals surface area contributed by atoms with Crippen molar-refractivity contribution in [1.82, 2.24) is 0 Å². The first-order valence-electron chi connectivity index (χ1n) is 7.58. The van der Waals surface area contributed by atoms with Gasteiger partial charge in [0.05, 0.1) is 39.2 Å². The van der Waals surface area contributed by atoms with Gasteiger partial charge in [0, 0.05) is 11.5 Å². The Morgan fingerprint density at radius 2 is 1.38 bits per heavy atom. The van der Waals surface area contributed by atoms with Gasteiger partial charge in [-0.1, -0.05) is 0 Å². The van der Waals surface area contributed by atoms with Gasteiger partial charge in [-0.05, 0) is 6.07 Å². The molecule has 0 aliphatic carbocycles. The number of methoxy groups -OCH3 is 4. The minimum Gasteiger partial charge on any atom is -0.497 e. The van der Waals surface area contributed by atoms with E-state index in [1.54, 1.807) is 0 Å². The molecule has 0 amide bonds. The Labute approximate surface area is 145 Å². The first kappa shape index (κ1) is 16.1. The van der Waals surface area contributed by atoms with E-state index in [-0.39, 0.29) is 39.2 Å². The number of hydrogen-bond donors (Lipinski definition) is 0. The third kappa shape index (κ3) is 1.89. The molecule has 0 aliphatic heterocycles. The number of ether oxygens (including phenoxy) is 4. The Balaban J connectivity index is 2.44. The van der Waals surface area contributed by atoms with Gasteiger partial charge in [-0.15, -0.1) is 0 Å². The molecule has 0 saturated heterocycles. The second kappa shape index (κ2) is 5.55. The van der Waals surface area contributed by atoms with Crippen LogP contribution in [0.2, 0.25) is 0 Å². The van der Waals surface area contributed by atoms with Crippen LogP contribution in [-0.4, -0.2) is 28.4 Å². The summed E-state index contributed by atoms with van der Waals surface area (Å²) in [5, 5.41) is 1.11. The highest BCUT2D eigenvalue weighted by atomic mass is 16.5. The molecule has 8 nitrogen and oxygen atoms in total. The van der Waals surface area contributed by atoms with Gasteiger partial charge in [-0.2, -0.15) is 0 Å². The average Bonchev–Trinajstić information content (AvgIpc) is 2.65. The fraction of sp³-hybridized carbons (Fsp3) is 0.222. The van der Waals surface area contributed by atoms with Gasteiger partial charge in [0.2, 0.25) is 11.5 Å². The maximum Gasteiger partial charge on any atom is 0.348 e. The van der Waals surface area contributed by atoms with Crippen LogP contribution in [0.15, 0.2) is 30.6 Å². The predicted molar refractivity (Wildman–Crippen MR) is 93.4 cm³/mol. The largest absolute Gasteiger partial charge is 0.497 e. The van der Waals surface area contributed by atoms with Crippen molar-refractivity contribution in [2.75, 3.05) is 28.4 Å². The quantitative estimate of drug-likeness (QED) is 0.405. The van der Waals surface area contributed by atoms with Crippen molar-refractivity contribution in [3.05, 3.63) is 33.0 Å². The summed E-state index contributed by atoms with van der Waals surface area (Å²) in [4.78, 5) is 25.2. The van der Waals surface area contributed by atoms with Crippen LogP contribution in [0.1, 0.15) is 0 Å². The lowest BCUT2D eigenvalue weighted by Gasteiger charge is -2.17. The van der Waals surface area contributed by atoms with E-state index >= 15 is 0 Å². The molecule has 134 valence electrons. The molecule has 0 bridgehead atoms. The van der Waals surface area contributed by atoms with Crippen molar-refractivity contribution >= 4 is 32.7 Å². The minimum absolute atomic E-state index is 0.0840. The minimum atomic E-state index is -0.663. The third-order valence-corrected chi connectivity index (χ3v) is 4.32. The van der Waals surface area contributed by atoms with Gasteiger partial charge in [0.25, 0.3) is 0 Å². The zero-order valence-corrected chi connectivity index (χ0v) is 14.4. The van der Waals surface area contributed by atoms with Gasteiger partial charge in [-0.3, -0.25) is 0 Å². The molecule has 4 aromatic rings. The lowest BCUT2D eigenvalue weighted by Crippen LogP contribution is -2.10. The zero-order valence-electron chi connectivity index (χ0n) is 14.4. The van der Waals surface area contributed by atoms with E-state index in [9.17, 15) is 9.59 Å². The lowest BCUT2D eigenvalue weighted by atomic mass is 10.0. The zero-order chi connectivity index (χ0) is 18.6. The van der Waals surface area contributed by atoms with Crippen LogP contribution in [0.3, 0.4) is 0 Å². The Kier molecular flexibility index (Phi) is 3.43. The SMILES string of the molecule is COc1cc2oc(=O)c3c(OC)c(OC)c(OC)c4oc(=O)c(c1)c2c43. The van der Waals surface area contributed by atoms with E-state index in [1.165, 1.54) is 40.6 Å². The number of benzene rings is 2. The van der Waals surface area contributed by atoms with Crippen molar-refractivity contribution < 1.29 is 27.8 Å². The van der Waals surface area contributed by atoms with E-state index < -0.39 is 11.3 Å². The van der Waals surface area contributed by atoms with E-state index in [4.69, 9.17) is 27.8 Å². The molecule has 0 radical (unpaired) electrons. The summed E-state index contributed by atoms with van der Waals surface area (Å²) in [6, 6.07) is 3.06. The smallest absolute Gasteiger partial charge is 0.348 e. The molecular weight excluding hydrogens is 344 g/mol. The van der Waals surface area contributed by atoms with Crippen LogP contribution in [0.25, 0.3) is 32.7 Å². The molecule has 2 aromatic heterocycles. The van der Waals surface area contributed by atoms with E-state index in [0.29, 0.717) is 16.5 Å². The standard InChI is InChI=1S/C18H14O8/c1-21-7-5-8-10-9(6-7)25-18(20)12-11(10)14(26-17(8)19)16(24-4)15(23-3)13(12)22-2/h5-6H,1-4H3. The van der Waals surface area contributed by atoms with Crippen LogP contribution in [0.5, 0.6) is 23.0 Å². The molecule has 0 spiro atoms. The number of rotatable bonds is 4. The van der Waals surface area contributed by atoms with Crippen LogP contribution in [0.4, 0.5) is 0 Å². The fourth-order valence-electron chi connectivity index (χ4n) is 3.26. The molecule has 26 heavy (non-hydrogen) atoms. The Bertz CT molecular complexity index is 1260. The molecule has 0 atom stereocenters. The molecule has 2 heterocycles. The third-order valence-electron chi connectivity index (χ3n) is 4.32. The summed E-state index contributed by atoms with van der Waals surface area (Å²) in [5.41, 5.74) is -1.00. The fourth-order valence-corrected chi connectivity index (χ4v) is 3.26. The molecule has 2 aromatic carbocycles. The Morgan fingerprint density at radius 1 is 0.692 bits per heavy atom. The van der Waals surface area contributed by atoms with Gasteiger partial charge in [0.1, 0.15) is 16.7 Å². The van der Waals surface area contributed by atoms with E-state index in [2.05, 4.69) is 0 Å². The second-order valence-electron chi connectivity index (χ2n) is 5.51. The monoisotopic (exact) mass is 358 g/mol. The Morgan fingerprint density at radius 3 is 2.00 bits per heavy atom. The predicted octanol–water partition coefficient (Wildman–Crippen LogP) is 2.52. The Hall–Kier alpha value is -3.42. The van der Waals surface area contributed by atoms with Crippen molar-refractivity contribution in [3.8, 4) is 23.0 Å². The molecule has 4 rings (SSSR count). The summed E-state index contributed by atoms with van der Waals surface area (Å²) in [6.45, 7) is 0. The number of hydrogen-bond acceptors (Lipinski definition) is 8. The van der Waals surface area contributed by atoms with Crippen LogP contribution >= 0.6 is 0 Å². The summed E-state index contributed by atoms with van der Waals surface area (Å²) >= 11 is 0. The first-order chi connectivity index (χ1) is 12.5. The second-order valence-corrected chi connectivity index (χ2v) is 5.51. The van der Waals surface area contributed by atoms with E-state index in [0.717, 1.165) is 0 Å². The van der Waals surface area contributed by atoms with Crippen molar-refractivity contribution in [3.63, 3.8) is 0 Å².